The highest BCUT2D eigenvalue weighted by Crippen LogP contribution is 2.33. The molecular formula is C38H72N16O15. The Labute approximate surface area is 396 Å². The van der Waals surface area contributed by atoms with Gasteiger partial charge in [-0.15, -0.1) is 0 Å². The van der Waals surface area contributed by atoms with Crippen LogP contribution in [0.5, 0.6) is 0 Å². The number of nitrogens with zero attached hydrogens (tertiary/aromatic N) is 4. The van der Waals surface area contributed by atoms with Crippen molar-refractivity contribution in [2.24, 2.45) is 65.8 Å². The van der Waals surface area contributed by atoms with Crippen molar-refractivity contribution in [1.82, 2.24) is 21.3 Å². The number of aliphatic imine (C=N–C) groups is 4. The van der Waals surface area contributed by atoms with Crippen LogP contribution in [-0.4, -0.2) is 214 Å². The fourth-order valence-corrected chi connectivity index (χ4v) is 7.63. The van der Waals surface area contributed by atoms with E-state index >= 15 is 0 Å². The lowest BCUT2D eigenvalue weighted by Crippen LogP contribution is -2.70. The van der Waals surface area contributed by atoms with E-state index in [1.165, 1.54) is 0 Å². The number of amides is 4. The van der Waals surface area contributed by atoms with Crippen LogP contribution in [0.2, 0.25) is 0 Å². The van der Waals surface area contributed by atoms with Crippen LogP contribution < -0.4 is 67.1 Å². The van der Waals surface area contributed by atoms with E-state index in [1.54, 1.807) is 0 Å². The summed E-state index contributed by atoms with van der Waals surface area (Å²) in [6.07, 6.45) is -21.4. The van der Waals surface area contributed by atoms with Crippen LogP contribution >= 0.6 is 0 Å². The molecule has 3 rings (SSSR count). The molecule has 3 fully saturated rings. The van der Waals surface area contributed by atoms with Gasteiger partial charge >= 0.3 is 0 Å². The minimum atomic E-state index is -2.00. The number of nitrogens with one attached hydrogen (secondary N) is 4. The first-order valence-corrected chi connectivity index (χ1v) is 22.3. The Kier molecular flexibility index (Phi) is 24.2. The van der Waals surface area contributed by atoms with Crippen molar-refractivity contribution in [2.75, 3.05) is 39.3 Å². The minimum Gasteiger partial charge on any atom is -0.394 e. The van der Waals surface area contributed by atoms with Gasteiger partial charge in [-0.05, 0) is 32.1 Å². The van der Waals surface area contributed by atoms with Crippen LogP contribution in [0.4, 0.5) is 0 Å². The zero-order valence-corrected chi connectivity index (χ0v) is 38.1. The number of carbonyl (C=O) groups excluding carboxylic acids is 4. The van der Waals surface area contributed by atoms with Crippen molar-refractivity contribution >= 4 is 47.5 Å². The highest BCUT2D eigenvalue weighted by molar-refractivity contribution is 5.79. The third-order valence-electron chi connectivity index (χ3n) is 11.1. The number of aliphatic hydroxyl groups is 7. The molecule has 2 heterocycles. The predicted molar refractivity (Wildman–Crippen MR) is 243 cm³/mol. The van der Waals surface area contributed by atoms with Gasteiger partial charge in [-0.1, -0.05) is 0 Å². The lowest BCUT2D eigenvalue weighted by molar-refractivity contribution is -0.334. The molecule has 0 bridgehead atoms. The summed E-state index contributed by atoms with van der Waals surface area (Å²) in [5, 5.41) is 88.6. The van der Waals surface area contributed by atoms with Crippen LogP contribution in [0.15, 0.2) is 20.0 Å². The van der Waals surface area contributed by atoms with E-state index in [0.717, 1.165) is 0 Å². The van der Waals surface area contributed by atoms with E-state index < -0.39 is 129 Å². The van der Waals surface area contributed by atoms with E-state index in [4.69, 9.17) is 64.8 Å². The Bertz CT molecular complexity index is 1770. The molecule has 15 atom stereocenters. The number of nitrogens with two attached hydrogens (primary N) is 8. The smallest absolute Gasteiger partial charge is 0.220 e. The van der Waals surface area contributed by atoms with Gasteiger partial charge < -0.3 is 122 Å². The molecule has 1 aliphatic carbocycles. The summed E-state index contributed by atoms with van der Waals surface area (Å²) in [5.41, 5.74) is 42.9. The number of carbonyl (C=O) groups is 4. The quantitative estimate of drug-likeness (QED) is 0.0217. The first-order valence-electron chi connectivity index (χ1n) is 22.3. The topological polar surface area (TPSA) is 553 Å². The molecule has 394 valence electrons. The molecular weight excluding hydrogens is 921 g/mol. The molecule has 69 heavy (non-hydrogen) atoms. The standard InChI is InChI=1S/C38H72N16O15/c39-35(40)47-9-1-5-20(56)51-14-18-26(61)28(63)29(64)34(66-18)69-32-17(53-22(58)7-3-11-49-37(43)44)13-16(52-21(57)6-2-10-48-36(41)42)31(30(32)65)68-33-27(62)24(25(60)19(15-55)67-33)54-23(59)8-4-12-50-38(45)46/h16-19,24-34,55,60-65H,1-15H2,(H,51,56)(H,52,57)(H,53,58)(H,54,59)(H4,39,40,47)(H4,41,42,48)(H4,43,44,49)(H4,45,46,50)/t16-,17+,18-,19+,24-,25+,26-,27+,28+,29-,30-,31+,32-,33?,34-/m0/s1. The largest absolute Gasteiger partial charge is 0.394 e. The van der Waals surface area contributed by atoms with E-state index in [9.17, 15) is 54.9 Å². The first kappa shape index (κ1) is 57.8. The van der Waals surface area contributed by atoms with Crippen LogP contribution in [0, 0.1) is 0 Å². The van der Waals surface area contributed by atoms with Gasteiger partial charge in [-0.2, -0.15) is 0 Å². The van der Waals surface area contributed by atoms with E-state index in [1.807, 2.05) is 0 Å². The second-order valence-electron chi connectivity index (χ2n) is 16.5. The van der Waals surface area contributed by atoms with Gasteiger partial charge in [0, 0.05) is 58.4 Å². The van der Waals surface area contributed by atoms with Crippen LogP contribution in [0.1, 0.15) is 57.8 Å². The monoisotopic (exact) mass is 993 g/mol. The number of guanidine groups is 4. The summed E-state index contributed by atoms with van der Waals surface area (Å²) in [7, 11) is 0. The third kappa shape index (κ3) is 19.1. The molecule has 31 nitrogen and oxygen atoms in total. The van der Waals surface area contributed by atoms with Gasteiger partial charge in [-0.25, -0.2) is 0 Å². The van der Waals surface area contributed by atoms with E-state index in [0.29, 0.717) is 0 Å². The van der Waals surface area contributed by atoms with Gasteiger partial charge in [0.15, 0.2) is 36.4 Å². The van der Waals surface area contributed by atoms with Crippen LogP contribution in [0.25, 0.3) is 0 Å². The van der Waals surface area contributed by atoms with E-state index in [2.05, 4.69) is 41.2 Å². The SMILES string of the molecule is NC(N)=NCCCC(=O)NC[C@@H]1O[C@@H](O[C@@H]2[C@@H](O)[C@H](OC3O[C@H](CO)[C@@H](O)[C@H](NC(=O)CCCN=C(N)N)[C@H]3O)[C@@H](NC(=O)CCCN=C(N)N)C[C@H]2NC(=O)CCCN=C(N)N)[C@@H](O)[C@H](O)[C@H]1O. The zero-order valence-electron chi connectivity index (χ0n) is 38.1. The molecule has 31 heteroatoms. The highest BCUT2D eigenvalue weighted by atomic mass is 16.7. The fourth-order valence-electron chi connectivity index (χ4n) is 7.63. The normalized spacial score (nSPS) is 31.0. The summed E-state index contributed by atoms with van der Waals surface area (Å²) in [5.74, 6) is -3.16. The first-order chi connectivity index (χ1) is 32.6. The summed E-state index contributed by atoms with van der Waals surface area (Å²) in [6, 6.07) is -4.09. The second kappa shape index (κ2) is 28.9. The molecule has 0 aromatic carbocycles. The Balaban J connectivity index is 1.99. The molecule has 1 saturated carbocycles. The summed E-state index contributed by atoms with van der Waals surface area (Å²) in [4.78, 5) is 67.8. The summed E-state index contributed by atoms with van der Waals surface area (Å²) < 4.78 is 24.0. The molecule has 1 unspecified atom stereocenters. The van der Waals surface area contributed by atoms with Gasteiger partial charge in [0.2, 0.25) is 23.6 Å². The Morgan fingerprint density at radius 2 is 0.884 bits per heavy atom. The highest BCUT2D eigenvalue weighted by Gasteiger charge is 2.54. The number of aliphatic hydroxyl groups excluding tert-OH is 7. The maximum Gasteiger partial charge on any atom is 0.220 e. The van der Waals surface area contributed by atoms with E-state index in [-0.39, 0.29) is 108 Å². The van der Waals surface area contributed by atoms with Gasteiger partial charge in [0.25, 0.3) is 0 Å². The average Bonchev–Trinajstić information content (AvgIpc) is 3.28. The molecule has 0 aromatic rings. The molecule has 0 aromatic heterocycles. The lowest BCUT2D eigenvalue weighted by atomic mass is 9.82. The van der Waals surface area contributed by atoms with Gasteiger partial charge in [0.1, 0.15) is 61.0 Å². The molecule has 0 spiro atoms. The van der Waals surface area contributed by atoms with Crippen LogP contribution in [0.3, 0.4) is 0 Å². The Morgan fingerprint density at radius 3 is 1.30 bits per heavy atom. The maximum atomic E-state index is 13.5. The van der Waals surface area contributed by atoms with Crippen molar-refractivity contribution in [3.63, 3.8) is 0 Å². The predicted octanol–water partition coefficient (Wildman–Crippen LogP) is -10.4. The molecule has 4 amide bonds. The Morgan fingerprint density at radius 1 is 0.493 bits per heavy atom. The number of hydrogen-bond acceptors (Lipinski definition) is 19. The number of rotatable bonds is 26. The molecule has 27 N–H and O–H groups in total. The zero-order chi connectivity index (χ0) is 51.4. The van der Waals surface area contributed by atoms with Crippen molar-refractivity contribution in [3.8, 4) is 0 Å². The van der Waals surface area contributed by atoms with Gasteiger partial charge in [0.05, 0.1) is 24.7 Å². The lowest BCUT2D eigenvalue weighted by Gasteiger charge is -2.50. The van der Waals surface area contributed by atoms with Crippen molar-refractivity contribution in [3.05, 3.63) is 0 Å². The van der Waals surface area contributed by atoms with Crippen molar-refractivity contribution in [2.45, 2.75) is 150 Å². The third-order valence-corrected chi connectivity index (χ3v) is 11.1. The molecule has 0 radical (unpaired) electrons. The fraction of sp³-hybridized carbons (Fsp3) is 0.789. The maximum absolute atomic E-state index is 13.5. The number of hydrogen-bond donors (Lipinski definition) is 19. The molecule has 2 aliphatic heterocycles. The van der Waals surface area contributed by atoms with Crippen molar-refractivity contribution in [1.29, 1.82) is 0 Å². The molecule has 3 aliphatic rings. The summed E-state index contributed by atoms with van der Waals surface area (Å²) in [6.45, 7) is -0.865. The molecule has 2 saturated heterocycles. The van der Waals surface area contributed by atoms with Crippen molar-refractivity contribution < 1.29 is 73.9 Å². The number of ether oxygens (including phenoxy) is 4. The minimum absolute atomic E-state index is 0.0348. The summed E-state index contributed by atoms with van der Waals surface area (Å²) >= 11 is 0. The van der Waals surface area contributed by atoms with Crippen LogP contribution in [-0.2, 0) is 38.1 Å². The van der Waals surface area contributed by atoms with Gasteiger partial charge in [-0.3, -0.25) is 39.1 Å². The Hall–Kier alpha value is -5.48. The second-order valence-corrected chi connectivity index (χ2v) is 16.5. The average molecular weight is 993 g/mol.